The molecule has 1 aliphatic rings. The first-order chi connectivity index (χ1) is 7.77. The van der Waals surface area contributed by atoms with Crippen LogP contribution in [0.3, 0.4) is 0 Å². The van der Waals surface area contributed by atoms with E-state index in [-0.39, 0.29) is 0 Å². The summed E-state index contributed by atoms with van der Waals surface area (Å²) >= 11 is 1.97. The Balaban J connectivity index is 2.30. The summed E-state index contributed by atoms with van der Waals surface area (Å²) in [6.45, 7) is 0. The summed E-state index contributed by atoms with van der Waals surface area (Å²) in [6, 6.07) is 8.53. The van der Waals surface area contributed by atoms with Gasteiger partial charge in [-0.15, -0.1) is 0 Å². The zero-order valence-corrected chi connectivity index (χ0v) is 10.9. The zero-order chi connectivity index (χ0) is 11.4. The first-order valence-electron chi connectivity index (χ1n) is 6.12. The molecule has 1 nitrogen and oxygen atoms in total. The second-order valence-corrected chi connectivity index (χ2v) is 5.77. The molecule has 0 bridgehead atoms. The Morgan fingerprint density at radius 1 is 1.25 bits per heavy atom. The molecule has 0 radical (unpaired) electrons. The van der Waals surface area contributed by atoms with Gasteiger partial charge in [-0.2, -0.15) is 11.8 Å². The molecule has 0 spiro atoms. The predicted octanol–water partition coefficient (Wildman–Crippen LogP) is 3.83. The number of hydrogen-bond donors (Lipinski definition) is 1. The highest BCUT2D eigenvalue weighted by Crippen LogP contribution is 2.41. The Kier molecular flexibility index (Phi) is 3.80. The Bertz CT molecular complexity index is 337. The maximum atomic E-state index is 5.91. The second kappa shape index (κ2) is 5.13. The van der Waals surface area contributed by atoms with Crippen LogP contribution < -0.4 is 5.73 Å². The van der Waals surface area contributed by atoms with Crippen LogP contribution in [0.4, 0.5) is 5.69 Å². The Hall–Kier alpha value is -0.630. The molecule has 2 N–H and O–H groups in total. The van der Waals surface area contributed by atoms with Crippen molar-refractivity contribution in [2.75, 3.05) is 17.7 Å². The minimum Gasteiger partial charge on any atom is -0.399 e. The SMILES string of the molecule is CSCC1(c2cccc(N)c2)CCCCC1. The molecule has 0 aromatic heterocycles. The van der Waals surface area contributed by atoms with E-state index in [0.29, 0.717) is 5.41 Å². The zero-order valence-electron chi connectivity index (χ0n) is 10.0. The Labute approximate surface area is 103 Å². The van der Waals surface area contributed by atoms with Crippen molar-refractivity contribution in [1.29, 1.82) is 0 Å². The van der Waals surface area contributed by atoms with E-state index in [4.69, 9.17) is 5.73 Å². The molecule has 0 saturated heterocycles. The molecule has 1 saturated carbocycles. The summed E-state index contributed by atoms with van der Waals surface area (Å²) in [7, 11) is 0. The van der Waals surface area contributed by atoms with Crippen molar-refractivity contribution in [1.82, 2.24) is 0 Å². The van der Waals surface area contributed by atoms with Gasteiger partial charge in [0.15, 0.2) is 0 Å². The molecule has 2 rings (SSSR count). The molecule has 0 unspecified atom stereocenters. The summed E-state index contributed by atoms with van der Waals surface area (Å²) < 4.78 is 0. The highest BCUT2D eigenvalue weighted by atomic mass is 32.2. The summed E-state index contributed by atoms with van der Waals surface area (Å²) in [4.78, 5) is 0. The van der Waals surface area contributed by atoms with Crippen LogP contribution in [0.2, 0.25) is 0 Å². The fourth-order valence-electron chi connectivity index (χ4n) is 2.89. The van der Waals surface area contributed by atoms with Crippen molar-refractivity contribution in [3.8, 4) is 0 Å². The van der Waals surface area contributed by atoms with Crippen LogP contribution in [0.5, 0.6) is 0 Å². The molecule has 1 aromatic rings. The van der Waals surface area contributed by atoms with Gasteiger partial charge in [-0.25, -0.2) is 0 Å². The molecule has 0 heterocycles. The number of thioether (sulfide) groups is 1. The molecule has 1 fully saturated rings. The first kappa shape index (κ1) is 11.8. The lowest BCUT2D eigenvalue weighted by atomic mass is 9.71. The van der Waals surface area contributed by atoms with Gasteiger partial charge in [-0.05, 0) is 36.8 Å². The predicted molar refractivity (Wildman–Crippen MR) is 74.0 cm³/mol. The molecule has 0 amide bonds. The van der Waals surface area contributed by atoms with Crippen molar-refractivity contribution in [3.05, 3.63) is 29.8 Å². The summed E-state index contributed by atoms with van der Waals surface area (Å²) in [6.07, 6.45) is 9.01. The van der Waals surface area contributed by atoms with E-state index >= 15 is 0 Å². The average Bonchev–Trinajstić information content (AvgIpc) is 2.31. The quantitative estimate of drug-likeness (QED) is 0.806. The maximum Gasteiger partial charge on any atom is 0.0316 e. The van der Waals surface area contributed by atoms with E-state index in [1.54, 1.807) is 0 Å². The lowest BCUT2D eigenvalue weighted by Gasteiger charge is -2.37. The monoisotopic (exact) mass is 235 g/mol. The van der Waals surface area contributed by atoms with Crippen LogP contribution in [0.1, 0.15) is 37.7 Å². The van der Waals surface area contributed by atoms with Crippen LogP contribution in [0, 0.1) is 0 Å². The van der Waals surface area contributed by atoms with E-state index in [1.165, 1.54) is 43.4 Å². The Morgan fingerprint density at radius 2 is 2.00 bits per heavy atom. The summed E-state index contributed by atoms with van der Waals surface area (Å²) in [5.74, 6) is 1.23. The van der Waals surface area contributed by atoms with Crippen molar-refractivity contribution < 1.29 is 0 Å². The number of hydrogen-bond acceptors (Lipinski definition) is 2. The molecule has 0 atom stereocenters. The molecule has 16 heavy (non-hydrogen) atoms. The molecule has 2 heteroatoms. The van der Waals surface area contributed by atoms with Crippen molar-refractivity contribution in [3.63, 3.8) is 0 Å². The van der Waals surface area contributed by atoms with Gasteiger partial charge in [-0.3, -0.25) is 0 Å². The van der Waals surface area contributed by atoms with Crippen LogP contribution in [0.25, 0.3) is 0 Å². The first-order valence-corrected chi connectivity index (χ1v) is 7.51. The number of nitrogens with two attached hydrogens (primary N) is 1. The van der Waals surface area contributed by atoms with Gasteiger partial charge in [0.2, 0.25) is 0 Å². The van der Waals surface area contributed by atoms with E-state index < -0.39 is 0 Å². The standard InChI is InChI=1S/C14H21NS/c1-16-11-14(8-3-2-4-9-14)12-6-5-7-13(15)10-12/h5-7,10H,2-4,8-9,11,15H2,1H3. The van der Waals surface area contributed by atoms with Crippen molar-refractivity contribution >= 4 is 17.4 Å². The number of anilines is 1. The van der Waals surface area contributed by atoms with Crippen LogP contribution >= 0.6 is 11.8 Å². The molecule has 1 aliphatic carbocycles. The van der Waals surface area contributed by atoms with E-state index in [9.17, 15) is 0 Å². The van der Waals surface area contributed by atoms with Gasteiger partial charge in [-0.1, -0.05) is 31.4 Å². The second-order valence-electron chi connectivity index (χ2n) is 4.90. The smallest absolute Gasteiger partial charge is 0.0316 e. The highest BCUT2D eigenvalue weighted by molar-refractivity contribution is 7.98. The van der Waals surface area contributed by atoms with E-state index in [2.05, 4.69) is 24.5 Å². The van der Waals surface area contributed by atoms with E-state index in [1.807, 2.05) is 17.8 Å². The Morgan fingerprint density at radius 3 is 2.62 bits per heavy atom. The third-order valence-corrected chi connectivity index (χ3v) is 4.57. The largest absolute Gasteiger partial charge is 0.399 e. The van der Waals surface area contributed by atoms with Crippen LogP contribution in [-0.4, -0.2) is 12.0 Å². The van der Waals surface area contributed by atoms with Gasteiger partial charge in [0.25, 0.3) is 0 Å². The third-order valence-electron chi connectivity index (χ3n) is 3.73. The van der Waals surface area contributed by atoms with Crippen molar-refractivity contribution in [2.24, 2.45) is 0 Å². The van der Waals surface area contributed by atoms with Gasteiger partial charge in [0.1, 0.15) is 0 Å². The minimum absolute atomic E-state index is 0.396. The molecule has 88 valence electrons. The molecular weight excluding hydrogens is 214 g/mol. The van der Waals surface area contributed by atoms with Gasteiger partial charge < -0.3 is 5.73 Å². The normalized spacial score (nSPS) is 19.6. The number of benzene rings is 1. The number of nitrogen functional groups attached to an aromatic ring is 1. The molecular formula is C14H21NS. The van der Waals surface area contributed by atoms with Gasteiger partial charge in [0, 0.05) is 16.9 Å². The average molecular weight is 235 g/mol. The summed E-state index contributed by atoms with van der Waals surface area (Å²) in [5.41, 5.74) is 8.68. The fraction of sp³-hybridized carbons (Fsp3) is 0.571. The van der Waals surface area contributed by atoms with Crippen molar-refractivity contribution in [2.45, 2.75) is 37.5 Å². The van der Waals surface area contributed by atoms with Gasteiger partial charge >= 0.3 is 0 Å². The molecule has 0 aliphatic heterocycles. The van der Waals surface area contributed by atoms with Crippen LogP contribution in [0.15, 0.2) is 24.3 Å². The van der Waals surface area contributed by atoms with Crippen LogP contribution in [-0.2, 0) is 5.41 Å². The van der Waals surface area contributed by atoms with Gasteiger partial charge in [0.05, 0.1) is 0 Å². The summed E-state index contributed by atoms with van der Waals surface area (Å²) in [5, 5.41) is 0. The van der Waals surface area contributed by atoms with E-state index in [0.717, 1.165) is 5.69 Å². The topological polar surface area (TPSA) is 26.0 Å². The maximum absolute atomic E-state index is 5.91. The lowest BCUT2D eigenvalue weighted by molar-refractivity contribution is 0.326. The molecule has 1 aromatic carbocycles. The number of rotatable bonds is 3. The highest BCUT2D eigenvalue weighted by Gasteiger charge is 2.33. The minimum atomic E-state index is 0.396. The lowest BCUT2D eigenvalue weighted by Crippen LogP contribution is -2.31. The fourth-order valence-corrected chi connectivity index (χ4v) is 3.90. The third kappa shape index (κ3) is 2.37.